The Morgan fingerprint density at radius 2 is 2.11 bits per heavy atom. The first-order chi connectivity index (χ1) is 9.31. The molecule has 3 nitrogen and oxygen atoms in total. The number of likely N-dealkylation sites (N-methyl/N-ethyl adjacent to an activating group) is 1. The van der Waals surface area contributed by atoms with Crippen LogP contribution < -0.4 is 5.32 Å². The summed E-state index contributed by atoms with van der Waals surface area (Å²) in [4.78, 5) is 4.42. The van der Waals surface area contributed by atoms with Crippen LogP contribution in [0.2, 0.25) is 0 Å². The fourth-order valence-electron chi connectivity index (χ4n) is 2.65. The molecule has 2 aromatic rings. The van der Waals surface area contributed by atoms with Crippen LogP contribution >= 0.6 is 0 Å². The zero-order valence-corrected chi connectivity index (χ0v) is 11.9. The van der Waals surface area contributed by atoms with Crippen LogP contribution in [0.3, 0.4) is 0 Å². The Hall–Kier alpha value is -1.45. The number of fused-ring (bicyclic) bond motifs is 1. The Kier molecular flexibility index (Phi) is 4.88. The molecule has 19 heavy (non-hydrogen) atoms. The van der Waals surface area contributed by atoms with Crippen molar-refractivity contribution in [3.63, 3.8) is 0 Å². The second-order valence-corrected chi connectivity index (χ2v) is 4.75. The maximum absolute atomic E-state index is 5.66. The summed E-state index contributed by atoms with van der Waals surface area (Å²) in [7, 11) is 3.77. The van der Waals surface area contributed by atoms with E-state index < -0.39 is 0 Å². The van der Waals surface area contributed by atoms with E-state index in [4.69, 9.17) is 4.74 Å². The van der Waals surface area contributed by atoms with Crippen LogP contribution in [0.4, 0.5) is 0 Å². The van der Waals surface area contributed by atoms with Crippen LogP contribution in [0.5, 0.6) is 0 Å². The Labute approximate surface area is 115 Å². The van der Waals surface area contributed by atoms with Gasteiger partial charge in [0.05, 0.1) is 17.7 Å². The summed E-state index contributed by atoms with van der Waals surface area (Å²) in [5, 5.41) is 4.59. The zero-order valence-electron chi connectivity index (χ0n) is 11.9. The molecule has 2 unspecified atom stereocenters. The van der Waals surface area contributed by atoms with E-state index in [1.807, 2.05) is 25.4 Å². The Morgan fingerprint density at radius 3 is 2.79 bits per heavy atom. The molecule has 1 aromatic heterocycles. The molecule has 0 aliphatic rings. The number of hydrogen-bond acceptors (Lipinski definition) is 3. The maximum atomic E-state index is 5.66. The first kappa shape index (κ1) is 14.0. The first-order valence-electron chi connectivity index (χ1n) is 6.85. The quantitative estimate of drug-likeness (QED) is 0.863. The highest BCUT2D eigenvalue weighted by molar-refractivity contribution is 5.82. The Morgan fingerprint density at radius 1 is 1.26 bits per heavy atom. The van der Waals surface area contributed by atoms with Crippen molar-refractivity contribution in [1.82, 2.24) is 10.3 Å². The molecule has 0 radical (unpaired) electrons. The second kappa shape index (κ2) is 6.64. The van der Waals surface area contributed by atoms with Gasteiger partial charge in [0.2, 0.25) is 0 Å². The summed E-state index contributed by atoms with van der Waals surface area (Å²) in [5.41, 5.74) is 2.29. The van der Waals surface area contributed by atoms with Crippen molar-refractivity contribution in [2.24, 2.45) is 0 Å². The molecule has 2 atom stereocenters. The SMILES string of the molecule is CCCC(OC)C(NC)c1cccc2ncccc12. The third-order valence-electron chi connectivity index (χ3n) is 3.57. The van der Waals surface area contributed by atoms with Gasteiger partial charge in [0, 0.05) is 18.7 Å². The molecule has 3 heteroatoms. The van der Waals surface area contributed by atoms with E-state index in [1.165, 1.54) is 10.9 Å². The van der Waals surface area contributed by atoms with E-state index in [1.54, 1.807) is 7.11 Å². The topological polar surface area (TPSA) is 34.1 Å². The summed E-state index contributed by atoms with van der Waals surface area (Å²) < 4.78 is 5.66. The molecular formula is C16H22N2O. The van der Waals surface area contributed by atoms with E-state index in [9.17, 15) is 0 Å². The van der Waals surface area contributed by atoms with Gasteiger partial charge in [-0.1, -0.05) is 31.5 Å². The third kappa shape index (κ3) is 2.94. The minimum absolute atomic E-state index is 0.181. The maximum Gasteiger partial charge on any atom is 0.0766 e. The van der Waals surface area contributed by atoms with Gasteiger partial charge in [-0.05, 0) is 31.2 Å². The van der Waals surface area contributed by atoms with Gasteiger partial charge < -0.3 is 10.1 Å². The molecule has 0 spiro atoms. The normalized spacial score (nSPS) is 14.5. The van der Waals surface area contributed by atoms with Gasteiger partial charge >= 0.3 is 0 Å². The highest BCUT2D eigenvalue weighted by atomic mass is 16.5. The minimum atomic E-state index is 0.181. The zero-order chi connectivity index (χ0) is 13.7. The molecule has 1 heterocycles. The van der Waals surface area contributed by atoms with Crippen molar-refractivity contribution >= 4 is 10.9 Å². The van der Waals surface area contributed by atoms with Gasteiger partial charge in [-0.2, -0.15) is 0 Å². The number of aromatic nitrogens is 1. The van der Waals surface area contributed by atoms with E-state index in [2.05, 4.69) is 35.4 Å². The molecule has 1 aromatic carbocycles. The third-order valence-corrected chi connectivity index (χ3v) is 3.57. The molecule has 0 fully saturated rings. The number of nitrogens with one attached hydrogen (secondary N) is 1. The fraction of sp³-hybridized carbons (Fsp3) is 0.438. The lowest BCUT2D eigenvalue weighted by Gasteiger charge is -2.26. The van der Waals surface area contributed by atoms with E-state index in [0.717, 1.165) is 18.4 Å². The van der Waals surface area contributed by atoms with Crippen molar-refractivity contribution in [3.8, 4) is 0 Å². The van der Waals surface area contributed by atoms with Gasteiger partial charge in [-0.3, -0.25) is 4.98 Å². The van der Waals surface area contributed by atoms with Crippen LogP contribution in [-0.4, -0.2) is 25.2 Å². The Bertz CT molecular complexity index is 522. The molecule has 0 saturated heterocycles. The molecule has 0 aliphatic carbocycles. The van der Waals surface area contributed by atoms with E-state index in [0.29, 0.717) is 0 Å². The van der Waals surface area contributed by atoms with Crippen LogP contribution in [-0.2, 0) is 4.74 Å². The van der Waals surface area contributed by atoms with E-state index >= 15 is 0 Å². The van der Waals surface area contributed by atoms with Gasteiger partial charge in [-0.25, -0.2) is 0 Å². The summed E-state index contributed by atoms with van der Waals surface area (Å²) in [6.07, 6.45) is 4.17. The molecule has 1 N–H and O–H groups in total. The van der Waals surface area contributed by atoms with Gasteiger partial charge in [0.25, 0.3) is 0 Å². The summed E-state index contributed by atoms with van der Waals surface area (Å²) in [6.45, 7) is 2.18. The number of methoxy groups -OCH3 is 1. The van der Waals surface area contributed by atoms with Crippen LogP contribution in [0.15, 0.2) is 36.5 Å². The molecular weight excluding hydrogens is 236 g/mol. The standard InChI is InChI=1S/C16H22N2O/c1-4-7-15(19-3)16(17-2)13-8-5-10-14-12(13)9-6-11-18-14/h5-6,8-11,15-17H,4,7H2,1-3H3. The molecule has 2 rings (SSSR count). The highest BCUT2D eigenvalue weighted by Gasteiger charge is 2.22. The summed E-state index contributed by atoms with van der Waals surface area (Å²) >= 11 is 0. The number of pyridine rings is 1. The van der Waals surface area contributed by atoms with Crippen molar-refractivity contribution in [2.45, 2.75) is 31.9 Å². The largest absolute Gasteiger partial charge is 0.379 e. The number of hydrogen-bond donors (Lipinski definition) is 1. The van der Waals surface area contributed by atoms with Gasteiger partial charge in [0.15, 0.2) is 0 Å². The average Bonchev–Trinajstić information content (AvgIpc) is 2.47. The Balaban J connectivity index is 2.45. The van der Waals surface area contributed by atoms with Crippen molar-refractivity contribution in [2.75, 3.05) is 14.2 Å². The minimum Gasteiger partial charge on any atom is -0.379 e. The molecule has 0 saturated carbocycles. The fourth-order valence-corrected chi connectivity index (χ4v) is 2.65. The molecule has 0 aliphatic heterocycles. The number of benzene rings is 1. The lowest BCUT2D eigenvalue weighted by molar-refractivity contribution is 0.0634. The van der Waals surface area contributed by atoms with Gasteiger partial charge in [-0.15, -0.1) is 0 Å². The van der Waals surface area contributed by atoms with Crippen molar-refractivity contribution in [1.29, 1.82) is 0 Å². The molecule has 0 amide bonds. The van der Waals surface area contributed by atoms with Crippen LogP contribution in [0.25, 0.3) is 10.9 Å². The van der Waals surface area contributed by atoms with E-state index in [-0.39, 0.29) is 12.1 Å². The second-order valence-electron chi connectivity index (χ2n) is 4.75. The lowest BCUT2D eigenvalue weighted by Crippen LogP contribution is -2.31. The highest BCUT2D eigenvalue weighted by Crippen LogP contribution is 2.28. The predicted octanol–water partition coefficient (Wildman–Crippen LogP) is 3.31. The number of ether oxygens (including phenoxy) is 1. The summed E-state index contributed by atoms with van der Waals surface area (Å²) in [6, 6.07) is 10.6. The molecule has 102 valence electrons. The number of nitrogens with zero attached hydrogens (tertiary/aromatic N) is 1. The monoisotopic (exact) mass is 258 g/mol. The van der Waals surface area contributed by atoms with Crippen LogP contribution in [0, 0.1) is 0 Å². The number of rotatable bonds is 6. The predicted molar refractivity (Wildman–Crippen MR) is 79.2 cm³/mol. The van der Waals surface area contributed by atoms with Crippen LogP contribution in [0.1, 0.15) is 31.4 Å². The molecule has 0 bridgehead atoms. The van der Waals surface area contributed by atoms with Crippen molar-refractivity contribution < 1.29 is 4.74 Å². The lowest BCUT2D eigenvalue weighted by atomic mass is 9.95. The average molecular weight is 258 g/mol. The smallest absolute Gasteiger partial charge is 0.0766 e. The van der Waals surface area contributed by atoms with Gasteiger partial charge in [0.1, 0.15) is 0 Å². The first-order valence-corrected chi connectivity index (χ1v) is 6.85. The summed E-state index contributed by atoms with van der Waals surface area (Å²) in [5.74, 6) is 0. The van der Waals surface area contributed by atoms with Crippen molar-refractivity contribution in [3.05, 3.63) is 42.1 Å².